The van der Waals surface area contributed by atoms with Crippen molar-refractivity contribution in [2.75, 3.05) is 18.9 Å². The molecule has 2 rings (SSSR count). The van der Waals surface area contributed by atoms with Crippen LogP contribution in [0.1, 0.15) is 6.92 Å². The minimum atomic E-state index is -0.748. The molecule has 1 atom stereocenters. The second kappa shape index (κ2) is 8.74. The van der Waals surface area contributed by atoms with Crippen LogP contribution in [0.4, 0.5) is 5.69 Å². The molecule has 132 valence electrons. The van der Waals surface area contributed by atoms with Crippen LogP contribution >= 0.6 is 23.2 Å². The number of hydrogen-bond acceptors (Lipinski definition) is 3. The monoisotopic (exact) mass is 380 g/mol. The lowest BCUT2D eigenvalue weighted by Gasteiger charge is -2.21. The Hall–Kier alpha value is -2.24. The van der Waals surface area contributed by atoms with Crippen molar-refractivity contribution in [3.8, 4) is 5.75 Å². The van der Waals surface area contributed by atoms with Crippen LogP contribution in [-0.2, 0) is 9.59 Å². The Balaban J connectivity index is 1.89. The highest BCUT2D eigenvalue weighted by atomic mass is 35.5. The number of nitrogens with zero attached hydrogens (tertiary/aromatic N) is 1. The summed E-state index contributed by atoms with van der Waals surface area (Å²) in [6.07, 6.45) is -0.748. The second-order valence-corrected chi connectivity index (χ2v) is 6.34. The lowest BCUT2D eigenvalue weighted by atomic mass is 10.3. The average Bonchev–Trinajstić information content (AvgIpc) is 2.53. The molecule has 0 aliphatic rings. The van der Waals surface area contributed by atoms with E-state index in [1.165, 1.54) is 11.9 Å². The van der Waals surface area contributed by atoms with Crippen LogP contribution in [-0.4, -0.2) is 36.4 Å². The zero-order chi connectivity index (χ0) is 18.4. The van der Waals surface area contributed by atoms with Crippen molar-refractivity contribution in [3.63, 3.8) is 0 Å². The maximum atomic E-state index is 12.3. The summed E-state index contributed by atoms with van der Waals surface area (Å²) in [5.74, 6) is -0.153. The first-order valence-corrected chi connectivity index (χ1v) is 8.33. The summed E-state index contributed by atoms with van der Waals surface area (Å²) in [7, 11) is 1.54. The van der Waals surface area contributed by atoms with Crippen molar-refractivity contribution in [1.29, 1.82) is 0 Å². The van der Waals surface area contributed by atoms with Gasteiger partial charge in [-0.1, -0.05) is 35.3 Å². The van der Waals surface area contributed by atoms with Gasteiger partial charge in [-0.25, -0.2) is 0 Å². The van der Waals surface area contributed by atoms with E-state index in [0.29, 0.717) is 21.5 Å². The number of benzene rings is 2. The Labute approximate surface area is 156 Å². The van der Waals surface area contributed by atoms with Crippen molar-refractivity contribution < 1.29 is 14.3 Å². The van der Waals surface area contributed by atoms with Gasteiger partial charge >= 0.3 is 0 Å². The molecule has 0 radical (unpaired) electrons. The van der Waals surface area contributed by atoms with Crippen LogP contribution in [0.5, 0.6) is 5.75 Å². The van der Waals surface area contributed by atoms with Crippen LogP contribution in [0.3, 0.4) is 0 Å². The second-order valence-electron chi connectivity index (χ2n) is 5.47. The van der Waals surface area contributed by atoms with Gasteiger partial charge in [0, 0.05) is 22.8 Å². The van der Waals surface area contributed by atoms with E-state index in [1.54, 1.807) is 55.5 Å². The largest absolute Gasteiger partial charge is 0.481 e. The molecule has 0 aromatic heterocycles. The fraction of sp³-hybridized carbons (Fsp3) is 0.222. The maximum Gasteiger partial charge on any atom is 0.263 e. The van der Waals surface area contributed by atoms with E-state index in [9.17, 15) is 9.59 Å². The van der Waals surface area contributed by atoms with Crippen molar-refractivity contribution in [3.05, 3.63) is 58.6 Å². The fourth-order valence-corrected chi connectivity index (χ4v) is 2.54. The molecule has 1 unspecified atom stereocenters. The quantitative estimate of drug-likeness (QED) is 0.827. The molecular formula is C18H18Cl2N2O3. The first-order chi connectivity index (χ1) is 11.8. The molecule has 0 heterocycles. The number of ether oxygens (including phenoxy) is 1. The van der Waals surface area contributed by atoms with Crippen LogP contribution in [0, 0.1) is 0 Å². The Bertz CT molecular complexity index is 767. The number of amides is 2. The number of carbonyl (C=O) groups excluding carboxylic acids is 2. The molecule has 0 aliphatic heterocycles. The van der Waals surface area contributed by atoms with E-state index in [0.717, 1.165) is 0 Å². The lowest BCUT2D eigenvalue weighted by Crippen LogP contribution is -2.41. The third-order valence-corrected chi connectivity index (χ3v) is 3.79. The minimum Gasteiger partial charge on any atom is -0.481 e. The van der Waals surface area contributed by atoms with Gasteiger partial charge < -0.3 is 15.0 Å². The Morgan fingerprint density at radius 1 is 1.12 bits per heavy atom. The summed E-state index contributed by atoms with van der Waals surface area (Å²) in [4.78, 5) is 25.7. The summed E-state index contributed by atoms with van der Waals surface area (Å²) in [6, 6.07) is 13.6. The Morgan fingerprint density at radius 2 is 1.76 bits per heavy atom. The predicted octanol–water partition coefficient (Wildman–Crippen LogP) is 3.86. The van der Waals surface area contributed by atoms with E-state index in [4.69, 9.17) is 27.9 Å². The Morgan fingerprint density at radius 3 is 2.40 bits per heavy atom. The zero-order valence-corrected chi connectivity index (χ0v) is 15.3. The number of halogens is 2. The van der Waals surface area contributed by atoms with E-state index >= 15 is 0 Å². The molecule has 7 heteroatoms. The van der Waals surface area contributed by atoms with E-state index < -0.39 is 6.10 Å². The molecule has 0 fully saturated rings. The molecule has 0 bridgehead atoms. The summed E-state index contributed by atoms with van der Waals surface area (Å²) < 4.78 is 5.57. The fourth-order valence-electron chi connectivity index (χ4n) is 2.17. The Kier molecular flexibility index (Phi) is 6.67. The summed E-state index contributed by atoms with van der Waals surface area (Å²) in [6.45, 7) is 1.52. The van der Waals surface area contributed by atoms with Gasteiger partial charge in [-0.2, -0.15) is 0 Å². The topological polar surface area (TPSA) is 58.6 Å². The first kappa shape index (κ1) is 19.1. The van der Waals surface area contributed by atoms with Crippen LogP contribution in [0.2, 0.25) is 10.0 Å². The van der Waals surface area contributed by atoms with Gasteiger partial charge in [-0.05, 0) is 43.3 Å². The van der Waals surface area contributed by atoms with Gasteiger partial charge in [0.25, 0.3) is 5.91 Å². The van der Waals surface area contributed by atoms with Gasteiger partial charge in [0.05, 0.1) is 6.54 Å². The molecule has 25 heavy (non-hydrogen) atoms. The van der Waals surface area contributed by atoms with Gasteiger partial charge in [-0.15, -0.1) is 0 Å². The molecule has 5 nitrogen and oxygen atoms in total. The van der Waals surface area contributed by atoms with Crippen LogP contribution in [0.15, 0.2) is 48.5 Å². The van der Waals surface area contributed by atoms with Crippen molar-refractivity contribution in [2.24, 2.45) is 0 Å². The third-order valence-electron chi connectivity index (χ3n) is 3.32. The number of hydrogen-bond donors (Lipinski definition) is 1. The molecule has 0 spiro atoms. The van der Waals surface area contributed by atoms with Gasteiger partial charge in [0.2, 0.25) is 5.91 Å². The van der Waals surface area contributed by atoms with Crippen molar-refractivity contribution >= 4 is 40.7 Å². The van der Waals surface area contributed by atoms with Crippen LogP contribution < -0.4 is 10.1 Å². The first-order valence-electron chi connectivity index (χ1n) is 7.58. The zero-order valence-electron chi connectivity index (χ0n) is 13.8. The van der Waals surface area contributed by atoms with Crippen molar-refractivity contribution in [1.82, 2.24) is 4.90 Å². The average molecular weight is 381 g/mol. The van der Waals surface area contributed by atoms with E-state index in [-0.39, 0.29) is 18.4 Å². The molecule has 2 aromatic rings. The summed E-state index contributed by atoms with van der Waals surface area (Å²) >= 11 is 11.8. The molecule has 2 aromatic carbocycles. The SMILES string of the molecule is CC(Oc1cccc(Cl)c1)C(=O)N(C)CC(=O)Nc1cccc(Cl)c1. The summed E-state index contributed by atoms with van der Waals surface area (Å²) in [5, 5.41) is 3.73. The third kappa shape index (κ3) is 5.96. The lowest BCUT2D eigenvalue weighted by molar-refractivity contribution is -0.139. The predicted molar refractivity (Wildman–Crippen MR) is 99.3 cm³/mol. The van der Waals surface area contributed by atoms with E-state index in [2.05, 4.69) is 5.32 Å². The van der Waals surface area contributed by atoms with Crippen molar-refractivity contribution in [2.45, 2.75) is 13.0 Å². The highest BCUT2D eigenvalue weighted by Crippen LogP contribution is 2.19. The molecular weight excluding hydrogens is 363 g/mol. The molecule has 1 N–H and O–H groups in total. The molecule has 0 aliphatic carbocycles. The number of anilines is 1. The van der Waals surface area contributed by atoms with Crippen LogP contribution in [0.25, 0.3) is 0 Å². The van der Waals surface area contributed by atoms with E-state index in [1.807, 2.05) is 0 Å². The van der Waals surface area contributed by atoms with Gasteiger partial charge in [0.15, 0.2) is 6.10 Å². The van der Waals surface area contributed by atoms with Gasteiger partial charge in [0.1, 0.15) is 5.75 Å². The number of nitrogens with one attached hydrogen (secondary N) is 1. The molecule has 0 saturated heterocycles. The summed E-state index contributed by atoms with van der Waals surface area (Å²) in [5.41, 5.74) is 0.571. The highest BCUT2D eigenvalue weighted by molar-refractivity contribution is 6.31. The maximum absolute atomic E-state index is 12.3. The number of carbonyl (C=O) groups is 2. The smallest absolute Gasteiger partial charge is 0.263 e. The molecule has 0 saturated carbocycles. The number of likely N-dealkylation sites (N-methyl/N-ethyl adjacent to an activating group) is 1. The standard InChI is InChI=1S/C18H18Cl2N2O3/c1-12(25-16-8-4-6-14(20)10-16)18(24)22(2)11-17(23)21-15-7-3-5-13(19)9-15/h3-10,12H,11H2,1-2H3,(H,21,23). The normalized spacial score (nSPS) is 11.5. The molecule has 2 amide bonds. The highest BCUT2D eigenvalue weighted by Gasteiger charge is 2.21. The van der Waals surface area contributed by atoms with Gasteiger partial charge in [-0.3, -0.25) is 9.59 Å². The number of rotatable bonds is 6. The minimum absolute atomic E-state index is 0.103.